The molecule has 0 bridgehead atoms. The number of carboxylic acids is 2. The van der Waals surface area contributed by atoms with E-state index in [1.54, 1.807) is 0 Å². The Morgan fingerprint density at radius 2 is 2.05 bits per heavy atom. The lowest BCUT2D eigenvalue weighted by molar-refractivity contribution is -0.140. The number of piperidine rings is 1. The van der Waals surface area contributed by atoms with Crippen LogP contribution in [0, 0.1) is 0 Å². The zero-order valence-corrected chi connectivity index (χ0v) is 11.4. The fraction of sp³-hybridized carbons (Fsp3) is 0.667. The van der Waals surface area contributed by atoms with Crippen molar-refractivity contribution in [2.75, 3.05) is 6.54 Å². The molecule has 1 unspecified atom stereocenters. The number of carbonyl (C=O) groups is 4. The van der Waals surface area contributed by atoms with E-state index in [1.807, 2.05) is 0 Å². The van der Waals surface area contributed by atoms with Crippen LogP contribution in [-0.4, -0.2) is 52.7 Å². The standard InChI is InChI=1S/C12H19N3O6/c16-9-5-4-7(6-13-9)14-12(21)15-8(11(19)20)2-1-3-10(17)18/h7-8H,1-6H2,(H,13,16)(H,17,18)(H,19,20)(H2,14,15,21)/t7?,8-/m1/s1. The van der Waals surface area contributed by atoms with E-state index in [9.17, 15) is 19.2 Å². The number of carbonyl (C=O) groups excluding carboxylic acids is 2. The van der Waals surface area contributed by atoms with E-state index in [0.29, 0.717) is 19.4 Å². The Balaban J connectivity index is 2.36. The maximum Gasteiger partial charge on any atom is 0.326 e. The molecule has 0 aromatic rings. The predicted octanol–water partition coefficient (Wildman–Crippen LogP) is -0.728. The Kier molecular flexibility index (Phi) is 6.44. The normalized spacial score (nSPS) is 19.2. The van der Waals surface area contributed by atoms with Crippen molar-refractivity contribution in [3.8, 4) is 0 Å². The molecule has 1 fully saturated rings. The topological polar surface area (TPSA) is 145 Å². The summed E-state index contributed by atoms with van der Waals surface area (Å²) >= 11 is 0. The molecule has 0 aromatic carbocycles. The Hall–Kier alpha value is -2.32. The van der Waals surface area contributed by atoms with Gasteiger partial charge in [-0.2, -0.15) is 0 Å². The van der Waals surface area contributed by atoms with Crippen LogP contribution in [0.25, 0.3) is 0 Å². The zero-order chi connectivity index (χ0) is 15.8. The maximum atomic E-state index is 11.7. The minimum Gasteiger partial charge on any atom is -0.481 e. The Labute approximate surface area is 121 Å². The molecule has 3 amide bonds. The maximum absolute atomic E-state index is 11.7. The third-order valence-corrected chi connectivity index (χ3v) is 3.09. The van der Waals surface area contributed by atoms with Gasteiger partial charge in [0.2, 0.25) is 5.91 Å². The molecule has 0 aliphatic carbocycles. The summed E-state index contributed by atoms with van der Waals surface area (Å²) in [6.07, 6.45) is 0.853. The molecule has 1 saturated heterocycles. The van der Waals surface area contributed by atoms with Crippen LogP contribution in [0.1, 0.15) is 32.1 Å². The smallest absolute Gasteiger partial charge is 0.326 e. The van der Waals surface area contributed by atoms with Crippen LogP contribution in [0.3, 0.4) is 0 Å². The molecule has 2 atom stereocenters. The van der Waals surface area contributed by atoms with E-state index < -0.39 is 24.0 Å². The lowest BCUT2D eigenvalue weighted by Gasteiger charge is -2.24. The second-order valence-corrected chi connectivity index (χ2v) is 4.83. The summed E-state index contributed by atoms with van der Waals surface area (Å²) in [6.45, 7) is 0.309. The fourth-order valence-electron chi connectivity index (χ4n) is 1.96. The van der Waals surface area contributed by atoms with Gasteiger partial charge in [-0.1, -0.05) is 0 Å². The van der Waals surface area contributed by atoms with Gasteiger partial charge >= 0.3 is 18.0 Å². The van der Waals surface area contributed by atoms with Gasteiger partial charge in [-0.3, -0.25) is 9.59 Å². The van der Waals surface area contributed by atoms with Crippen LogP contribution in [-0.2, 0) is 14.4 Å². The molecule has 5 N–H and O–H groups in total. The minimum absolute atomic E-state index is 0.0382. The first kappa shape index (κ1) is 16.7. The van der Waals surface area contributed by atoms with Crippen molar-refractivity contribution in [3.63, 3.8) is 0 Å². The molecule has 0 aromatic heterocycles. The van der Waals surface area contributed by atoms with Gasteiger partial charge in [0.25, 0.3) is 0 Å². The van der Waals surface area contributed by atoms with Gasteiger partial charge in [0.15, 0.2) is 0 Å². The summed E-state index contributed by atoms with van der Waals surface area (Å²) in [5.74, 6) is -2.31. The van der Waals surface area contributed by atoms with E-state index in [-0.39, 0.29) is 31.2 Å². The first-order valence-electron chi connectivity index (χ1n) is 6.67. The highest BCUT2D eigenvalue weighted by Gasteiger charge is 2.23. The summed E-state index contributed by atoms with van der Waals surface area (Å²) in [6, 6.07) is -2.02. The van der Waals surface area contributed by atoms with Crippen LogP contribution >= 0.6 is 0 Å². The van der Waals surface area contributed by atoms with Gasteiger partial charge in [0.1, 0.15) is 6.04 Å². The van der Waals surface area contributed by atoms with E-state index in [1.165, 1.54) is 0 Å². The molecule has 1 aliphatic rings. The van der Waals surface area contributed by atoms with Gasteiger partial charge in [0.05, 0.1) is 0 Å². The van der Waals surface area contributed by atoms with Crippen LogP contribution < -0.4 is 16.0 Å². The Bertz CT molecular complexity index is 415. The van der Waals surface area contributed by atoms with Crippen molar-refractivity contribution in [3.05, 3.63) is 0 Å². The van der Waals surface area contributed by atoms with Crippen LogP contribution in [0.4, 0.5) is 4.79 Å². The molecular weight excluding hydrogens is 282 g/mol. The first-order valence-corrected chi connectivity index (χ1v) is 6.67. The fourth-order valence-corrected chi connectivity index (χ4v) is 1.96. The SMILES string of the molecule is O=C(O)CCC[C@@H](NC(=O)NC1CCC(=O)NC1)C(=O)O. The lowest BCUT2D eigenvalue weighted by Crippen LogP contribution is -2.53. The van der Waals surface area contributed by atoms with E-state index >= 15 is 0 Å². The van der Waals surface area contributed by atoms with Crippen LogP contribution in [0.2, 0.25) is 0 Å². The zero-order valence-electron chi connectivity index (χ0n) is 11.4. The van der Waals surface area contributed by atoms with Gasteiger partial charge < -0.3 is 26.2 Å². The quantitative estimate of drug-likeness (QED) is 0.419. The van der Waals surface area contributed by atoms with Gasteiger partial charge in [-0.25, -0.2) is 9.59 Å². The molecule has 1 heterocycles. The Morgan fingerprint density at radius 1 is 1.33 bits per heavy atom. The van der Waals surface area contributed by atoms with Crippen molar-refractivity contribution in [1.29, 1.82) is 0 Å². The summed E-state index contributed by atoms with van der Waals surface area (Å²) in [5.41, 5.74) is 0. The van der Waals surface area contributed by atoms with Crippen molar-refractivity contribution in [2.24, 2.45) is 0 Å². The summed E-state index contributed by atoms with van der Waals surface area (Å²) in [5, 5.41) is 25.0. The number of rotatable bonds is 7. The number of urea groups is 1. The monoisotopic (exact) mass is 301 g/mol. The molecule has 1 aliphatic heterocycles. The molecule has 9 nitrogen and oxygen atoms in total. The van der Waals surface area contributed by atoms with Crippen molar-refractivity contribution >= 4 is 23.9 Å². The van der Waals surface area contributed by atoms with Gasteiger partial charge in [0, 0.05) is 25.4 Å². The molecule has 21 heavy (non-hydrogen) atoms. The van der Waals surface area contributed by atoms with Gasteiger partial charge in [-0.05, 0) is 19.3 Å². The van der Waals surface area contributed by atoms with E-state index in [4.69, 9.17) is 10.2 Å². The van der Waals surface area contributed by atoms with Gasteiger partial charge in [-0.15, -0.1) is 0 Å². The van der Waals surface area contributed by atoms with Crippen molar-refractivity contribution < 1.29 is 29.4 Å². The second kappa shape index (κ2) is 8.08. The second-order valence-electron chi connectivity index (χ2n) is 4.83. The highest BCUT2D eigenvalue weighted by atomic mass is 16.4. The van der Waals surface area contributed by atoms with Crippen LogP contribution in [0.15, 0.2) is 0 Å². The third-order valence-electron chi connectivity index (χ3n) is 3.09. The molecule has 0 radical (unpaired) electrons. The average Bonchev–Trinajstić information content (AvgIpc) is 2.39. The molecule has 0 spiro atoms. The Morgan fingerprint density at radius 3 is 2.57 bits per heavy atom. The highest BCUT2D eigenvalue weighted by molar-refractivity contribution is 5.83. The summed E-state index contributed by atoms with van der Waals surface area (Å²) in [4.78, 5) is 44.0. The number of hydrogen-bond donors (Lipinski definition) is 5. The summed E-state index contributed by atoms with van der Waals surface area (Å²) < 4.78 is 0. The third kappa shape index (κ3) is 6.59. The molecule has 9 heteroatoms. The molecule has 0 saturated carbocycles. The first-order chi connectivity index (χ1) is 9.88. The van der Waals surface area contributed by atoms with E-state index in [0.717, 1.165) is 0 Å². The van der Waals surface area contributed by atoms with Crippen LogP contribution in [0.5, 0.6) is 0 Å². The average molecular weight is 301 g/mol. The van der Waals surface area contributed by atoms with E-state index in [2.05, 4.69) is 16.0 Å². The number of amides is 3. The molecular formula is C12H19N3O6. The number of aliphatic carboxylic acids is 2. The number of carboxylic acid groups (broad SMARTS) is 2. The van der Waals surface area contributed by atoms with Crippen molar-refractivity contribution in [1.82, 2.24) is 16.0 Å². The lowest BCUT2D eigenvalue weighted by atomic mass is 10.1. The minimum atomic E-state index is -1.22. The molecule has 1 rings (SSSR count). The molecule has 118 valence electrons. The van der Waals surface area contributed by atoms with Crippen molar-refractivity contribution in [2.45, 2.75) is 44.2 Å². The number of hydrogen-bond acceptors (Lipinski definition) is 4. The number of nitrogens with one attached hydrogen (secondary N) is 3. The predicted molar refractivity (Wildman–Crippen MR) is 70.6 cm³/mol. The highest BCUT2D eigenvalue weighted by Crippen LogP contribution is 2.04. The largest absolute Gasteiger partial charge is 0.481 e. The summed E-state index contributed by atoms with van der Waals surface area (Å²) in [7, 11) is 0.